The van der Waals surface area contributed by atoms with Gasteiger partial charge in [-0.1, -0.05) is 17.7 Å². The van der Waals surface area contributed by atoms with Crippen LogP contribution >= 0.6 is 27.5 Å². The van der Waals surface area contributed by atoms with E-state index >= 15 is 0 Å². The first-order chi connectivity index (χ1) is 8.69. The second-order valence-corrected chi connectivity index (χ2v) is 5.10. The molecule has 3 rings (SSSR count). The molecule has 0 unspecified atom stereocenters. The van der Waals surface area contributed by atoms with Gasteiger partial charge in [0, 0.05) is 15.6 Å². The Morgan fingerprint density at radius 3 is 2.67 bits per heavy atom. The average molecular weight is 324 g/mol. The third-order valence-electron chi connectivity index (χ3n) is 2.67. The van der Waals surface area contributed by atoms with Crippen LogP contribution in [0.2, 0.25) is 5.02 Å². The molecule has 0 N–H and O–H groups in total. The van der Waals surface area contributed by atoms with Gasteiger partial charge in [0.15, 0.2) is 0 Å². The van der Waals surface area contributed by atoms with Crippen molar-refractivity contribution in [2.75, 3.05) is 7.11 Å². The molecule has 0 aliphatic heterocycles. The van der Waals surface area contributed by atoms with Crippen molar-refractivity contribution in [3.05, 3.63) is 39.8 Å². The highest BCUT2D eigenvalue weighted by atomic mass is 79.9. The maximum absolute atomic E-state index is 6.03. The molecule has 1 aromatic heterocycles. The molecule has 0 radical (unpaired) electrons. The van der Waals surface area contributed by atoms with Crippen LogP contribution in [0.5, 0.6) is 5.75 Å². The summed E-state index contributed by atoms with van der Waals surface area (Å²) < 4.78 is 6.20. The van der Waals surface area contributed by atoms with Crippen molar-refractivity contribution in [2.24, 2.45) is 0 Å². The third kappa shape index (κ3) is 1.82. The van der Waals surface area contributed by atoms with Crippen LogP contribution in [-0.2, 0) is 0 Å². The van der Waals surface area contributed by atoms with Gasteiger partial charge in [0.1, 0.15) is 16.8 Å². The van der Waals surface area contributed by atoms with Gasteiger partial charge in [-0.3, -0.25) is 0 Å². The Balaban J connectivity index is 2.48. The molecule has 0 fully saturated rings. The van der Waals surface area contributed by atoms with E-state index in [1.54, 1.807) is 19.2 Å². The normalized spacial score (nSPS) is 11.1. The highest BCUT2D eigenvalue weighted by molar-refractivity contribution is 9.10. The molecule has 0 bridgehead atoms. The Hall–Kier alpha value is -1.39. The van der Waals surface area contributed by atoms with E-state index in [1.165, 1.54) is 0 Å². The Morgan fingerprint density at radius 2 is 1.89 bits per heavy atom. The van der Waals surface area contributed by atoms with Gasteiger partial charge in [0.2, 0.25) is 0 Å². The van der Waals surface area contributed by atoms with Gasteiger partial charge in [0.05, 0.1) is 18.1 Å². The van der Waals surface area contributed by atoms with Crippen molar-refractivity contribution in [2.45, 2.75) is 0 Å². The smallest absolute Gasteiger partial charge is 0.148 e. The molecule has 5 heteroatoms. The fourth-order valence-electron chi connectivity index (χ4n) is 1.86. The van der Waals surface area contributed by atoms with E-state index in [4.69, 9.17) is 16.3 Å². The summed E-state index contributed by atoms with van der Waals surface area (Å²) in [7, 11) is 1.60. The Kier molecular flexibility index (Phi) is 2.84. The molecular weight excluding hydrogens is 316 g/mol. The molecule has 18 heavy (non-hydrogen) atoms. The quantitative estimate of drug-likeness (QED) is 0.629. The van der Waals surface area contributed by atoms with Crippen molar-refractivity contribution >= 4 is 49.6 Å². The van der Waals surface area contributed by atoms with Crippen molar-refractivity contribution in [3.8, 4) is 5.75 Å². The topological polar surface area (TPSA) is 35.0 Å². The van der Waals surface area contributed by atoms with E-state index in [-0.39, 0.29) is 0 Å². The van der Waals surface area contributed by atoms with Crippen LogP contribution in [0.25, 0.3) is 22.1 Å². The van der Waals surface area contributed by atoms with Crippen LogP contribution in [0.3, 0.4) is 0 Å². The van der Waals surface area contributed by atoms with E-state index in [1.807, 2.05) is 18.2 Å². The van der Waals surface area contributed by atoms with Crippen LogP contribution < -0.4 is 4.74 Å². The van der Waals surface area contributed by atoms with Gasteiger partial charge in [-0.2, -0.15) is 0 Å². The first kappa shape index (κ1) is 11.7. The number of methoxy groups -OCH3 is 1. The van der Waals surface area contributed by atoms with E-state index in [0.717, 1.165) is 21.0 Å². The zero-order chi connectivity index (χ0) is 12.7. The summed E-state index contributed by atoms with van der Waals surface area (Å²) in [5.74, 6) is 0.631. The van der Waals surface area contributed by atoms with Crippen LogP contribution in [0.4, 0.5) is 0 Å². The van der Waals surface area contributed by atoms with Crippen molar-refractivity contribution in [3.63, 3.8) is 0 Å². The Morgan fingerprint density at radius 1 is 1.11 bits per heavy atom. The van der Waals surface area contributed by atoms with Crippen LogP contribution in [0, 0.1) is 0 Å². The lowest BCUT2D eigenvalue weighted by atomic mass is 10.2. The summed E-state index contributed by atoms with van der Waals surface area (Å²) in [4.78, 5) is 9.15. The number of benzene rings is 2. The van der Waals surface area contributed by atoms with Crippen molar-refractivity contribution in [1.82, 2.24) is 9.97 Å². The van der Waals surface area contributed by atoms with Crippen LogP contribution in [0.15, 0.2) is 34.8 Å². The summed E-state index contributed by atoms with van der Waals surface area (Å²) in [6.07, 6.45) is 0. The second-order valence-electron chi connectivity index (χ2n) is 3.81. The minimum Gasteiger partial charge on any atom is -0.494 e. The molecule has 0 saturated heterocycles. The minimum atomic E-state index is 0.583. The maximum Gasteiger partial charge on any atom is 0.148 e. The predicted molar refractivity (Wildman–Crippen MR) is 76.3 cm³/mol. The number of para-hydroxylation sites is 1. The Labute approximate surface area is 117 Å². The average Bonchev–Trinajstić information content (AvgIpc) is 2.36. The number of nitrogens with zero attached hydrogens (tertiary/aromatic N) is 2. The van der Waals surface area contributed by atoms with Gasteiger partial charge < -0.3 is 4.74 Å². The summed E-state index contributed by atoms with van der Waals surface area (Å²) in [5.41, 5.74) is 3.07. The van der Waals surface area contributed by atoms with Gasteiger partial charge in [-0.05, 0) is 34.1 Å². The molecule has 0 spiro atoms. The molecule has 2 aromatic carbocycles. The molecule has 3 nitrogen and oxygen atoms in total. The molecule has 90 valence electrons. The lowest BCUT2D eigenvalue weighted by Crippen LogP contribution is -1.92. The molecular formula is C13H8BrClN2O. The number of halogens is 2. The summed E-state index contributed by atoms with van der Waals surface area (Å²) in [6, 6.07) is 9.30. The first-order valence-electron chi connectivity index (χ1n) is 5.28. The maximum atomic E-state index is 6.03. The number of ether oxygens (including phenoxy) is 1. The second kappa shape index (κ2) is 4.37. The van der Waals surface area contributed by atoms with E-state index in [9.17, 15) is 0 Å². The van der Waals surface area contributed by atoms with Crippen LogP contribution in [-0.4, -0.2) is 17.1 Å². The van der Waals surface area contributed by atoms with E-state index in [0.29, 0.717) is 16.3 Å². The minimum absolute atomic E-state index is 0.583. The fourth-order valence-corrected chi connectivity index (χ4v) is 2.51. The van der Waals surface area contributed by atoms with Gasteiger partial charge in [-0.15, -0.1) is 0 Å². The molecule has 0 atom stereocenters. The fraction of sp³-hybridized carbons (Fsp3) is 0.0769. The predicted octanol–water partition coefficient (Wildman–Crippen LogP) is 4.21. The number of hydrogen-bond donors (Lipinski definition) is 0. The monoisotopic (exact) mass is 322 g/mol. The van der Waals surface area contributed by atoms with Gasteiger partial charge in [0.25, 0.3) is 0 Å². The number of fused-ring (bicyclic) bond motifs is 2. The molecule has 0 amide bonds. The molecule has 3 aromatic rings. The van der Waals surface area contributed by atoms with Crippen molar-refractivity contribution < 1.29 is 4.74 Å². The summed E-state index contributed by atoms with van der Waals surface area (Å²) in [5, 5.41) is 0.583. The lowest BCUT2D eigenvalue weighted by Gasteiger charge is -2.07. The largest absolute Gasteiger partial charge is 0.494 e. The van der Waals surface area contributed by atoms with Gasteiger partial charge in [-0.25, -0.2) is 9.97 Å². The van der Waals surface area contributed by atoms with Crippen LogP contribution in [0.1, 0.15) is 0 Å². The number of aromatic nitrogens is 2. The zero-order valence-electron chi connectivity index (χ0n) is 9.45. The first-order valence-corrected chi connectivity index (χ1v) is 6.45. The molecule has 1 heterocycles. The van der Waals surface area contributed by atoms with E-state index < -0.39 is 0 Å². The van der Waals surface area contributed by atoms with E-state index in [2.05, 4.69) is 25.9 Å². The molecule has 0 aliphatic rings. The lowest BCUT2D eigenvalue weighted by molar-refractivity contribution is 0.419. The third-order valence-corrected chi connectivity index (χ3v) is 3.53. The highest BCUT2D eigenvalue weighted by Crippen LogP contribution is 2.30. The Bertz CT molecular complexity index is 761. The van der Waals surface area contributed by atoms with Gasteiger partial charge >= 0.3 is 0 Å². The highest BCUT2D eigenvalue weighted by Gasteiger charge is 2.09. The summed E-state index contributed by atoms with van der Waals surface area (Å²) in [6.45, 7) is 0. The zero-order valence-corrected chi connectivity index (χ0v) is 11.8. The standard InChI is InChI=1S/C13H8BrClN2O/c1-18-11-6-7(15)5-10-13(11)16-9-4-2-3-8(14)12(9)17-10/h2-6H,1H3. The van der Waals surface area contributed by atoms with Crippen molar-refractivity contribution in [1.29, 1.82) is 0 Å². The number of hydrogen-bond acceptors (Lipinski definition) is 3. The summed E-state index contributed by atoms with van der Waals surface area (Å²) >= 11 is 9.50. The molecule has 0 aliphatic carbocycles. The number of rotatable bonds is 1. The molecule has 0 saturated carbocycles. The SMILES string of the molecule is COc1cc(Cl)cc2nc3c(Br)cccc3nc12.